The lowest BCUT2D eigenvalue weighted by molar-refractivity contribution is 0.171. The molecule has 20 heavy (non-hydrogen) atoms. The van der Waals surface area contributed by atoms with Gasteiger partial charge in [0.2, 0.25) is 0 Å². The van der Waals surface area contributed by atoms with E-state index in [0.29, 0.717) is 25.5 Å². The van der Waals surface area contributed by atoms with Gasteiger partial charge in [0.15, 0.2) is 11.5 Å². The Morgan fingerprint density at radius 3 is 2.60 bits per heavy atom. The number of nitrogens with two attached hydrogens (primary N) is 1. The lowest BCUT2D eigenvalue weighted by Crippen LogP contribution is -2.15. The highest BCUT2D eigenvalue weighted by Gasteiger charge is 2.15. The zero-order valence-electron chi connectivity index (χ0n) is 10.8. The molecule has 1 aliphatic heterocycles. The first kappa shape index (κ1) is 13.1. The van der Waals surface area contributed by atoms with Crippen LogP contribution in [0.1, 0.15) is 5.56 Å². The predicted octanol–water partition coefficient (Wildman–Crippen LogP) is 3.38. The summed E-state index contributed by atoms with van der Waals surface area (Å²) in [6.07, 6.45) is 0. The average molecular weight is 336 g/mol. The van der Waals surface area contributed by atoms with Crippen molar-refractivity contribution >= 4 is 21.6 Å². The van der Waals surface area contributed by atoms with Gasteiger partial charge in [0.25, 0.3) is 0 Å². The summed E-state index contributed by atoms with van der Waals surface area (Å²) in [5.41, 5.74) is 7.40. The van der Waals surface area contributed by atoms with Crippen LogP contribution in [0.3, 0.4) is 0 Å². The molecular formula is C15H14BrNO3. The van der Waals surface area contributed by atoms with E-state index in [1.54, 1.807) is 6.07 Å². The summed E-state index contributed by atoms with van der Waals surface area (Å²) in [6, 6.07) is 11.2. The second kappa shape index (κ2) is 5.63. The molecule has 4 nitrogen and oxygen atoms in total. The van der Waals surface area contributed by atoms with Gasteiger partial charge < -0.3 is 19.9 Å². The summed E-state index contributed by atoms with van der Waals surface area (Å²) in [4.78, 5) is 0. The highest BCUT2D eigenvalue weighted by Crippen LogP contribution is 2.35. The van der Waals surface area contributed by atoms with Crippen LogP contribution in [0.15, 0.2) is 40.9 Å². The van der Waals surface area contributed by atoms with E-state index >= 15 is 0 Å². The smallest absolute Gasteiger partial charge is 0.162 e. The van der Waals surface area contributed by atoms with Crippen LogP contribution < -0.4 is 19.9 Å². The summed E-state index contributed by atoms with van der Waals surface area (Å²) >= 11 is 3.52. The molecule has 5 heteroatoms. The van der Waals surface area contributed by atoms with Gasteiger partial charge in [-0.15, -0.1) is 0 Å². The molecule has 0 saturated heterocycles. The van der Waals surface area contributed by atoms with E-state index < -0.39 is 0 Å². The third-order valence-corrected chi connectivity index (χ3v) is 3.70. The molecule has 0 aliphatic carbocycles. The Bertz CT molecular complexity index is 631. The fourth-order valence-electron chi connectivity index (χ4n) is 1.98. The first-order valence-electron chi connectivity index (χ1n) is 6.29. The normalized spacial score (nSPS) is 13.1. The van der Waals surface area contributed by atoms with Crippen molar-refractivity contribution in [3.8, 4) is 17.2 Å². The third kappa shape index (κ3) is 2.82. The van der Waals surface area contributed by atoms with Gasteiger partial charge in [-0.25, -0.2) is 0 Å². The van der Waals surface area contributed by atoms with Crippen LogP contribution in [0.4, 0.5) is 5.69 Å². The highest BCUT2D eigenvalue weighted by atomic mass is 79.9. The van der Waals surface area contributed by atoms with E-state index in [0.717, 1.165) is 27.3 Å². The zero-order chi connectivity index (χ0) is 13.9. The molecule has 0 bridgehead atoms. The molecule has 0 radical (unpaired) electrons. The first-order chi connectivity index (χ1) is 9.72. The number of halogens is 1. The minimum atomic E-state index is 0.431. The molecule has 1 aliphatic rings. The molecule has 2 N–H and O–H groups in total. The standard InChI is InChI=1S/C15H14BrNO3/c16-13-8-15-14(18-4-5-19-15)6-10(13)9-20-12-3-1-2-11(17)7-12/h1-3,6-8H,4-5,9,17H2. The van der Waals surface area contributed by atoms with Gasteiger partial charge in [-0.1, -0.05) is 22.0 Å². The number of rotatable bonds is 3. The second-order valence-electron chi connectivity index (χ2n) is 4.45. The van der Waals surface area contributed by atoms with Crippen LogP contribution in [0.5, 0.6) is 17.2 Å². The predicted molar refractivity (Wildman–Crippen MR) is 80.3 cm³/mol. The summed E-state index contributed by atoms with van der Waals surface area (Å²) in [5, 5.41) is 0. The minimum Gasteiger partial charge on any atom is -0.489 e. The Morgan fingerprint density at radius 2 is 1.85 bits per heavy atom. The van der Waals surface area contributed by atoms with Crippen LogP contribution in [0, 0.1) is 0 Å². The van der Waals surface area contributed by atoms with Crippen LogP contribution >= 0.6 is 15.9 Å². The van der Waals surface area contributed by atoms with Gasteiger partial charge in [-0.2, -0.15) is 0 Å². The lowest BCUT2D eigenvalue weighted by Gasteiger charge is -2.20. The van der Waals surface area contributed by atoms with Crippen molar-refractivity contribution in [1.82, 2.24) is 0 Å². The van der Waals surface area contributed by atoms with Crippen LogP contribution in [0.2, 0.25) is 0 Å². The van der Waals surface area contributed by atoms with Gasteiger partial charge in [0.05, 0.1) is 0 Å². The molecule has 2 aromatic carbocycles. The minimum absolute atomic E-state index is 0.431. The molecule has 2 aromatic rings. The summed E-state index contributed by atoms with van der Waals surface area (Å²) in [5.74, 6) is 2.26. The van der Waals surface area contributed by atoms with Gasteiger partial charge in [-0.05, 0) is 24.3 Å². The molecule has 0 spiro atoms. The molecule has 0 fully saturated rings. The molecule has 104 valence electrons. The monoisotopic (exact) mass is 335 g/mol. The number of nitrogen functional groups attached to an aromatic ring is 1. The number of benzene rings is 2. The van der Waals surface area contributed by atoms with E-state index in [-0.39, 0.29) is 0 Å². The molecule has 0 saturated carbocycles. The Kier molecular flexibility index (Phi) is 3.69. The fourth-order valence-corrected chi connectivity index (χ4v) is 2.42. The maximum absolute atomic E-state index is 5.74. The van der Waals surface area contributed by atoms with Crippen molar-refractivity contribution in [2.24, 2.45) is 0 Å². The largest absolute Gasteiger partial charge is 0.489 e. The van der Waals surface area contributed by atoms with Crippen molar-refractivity contribution in [2.75, 3.05) is 18.9 Å². The van der Waals surface area contributed by atoms with E-state index in [4.69, 9.17) is 19.9 Å². The van der Waals surface area contributed by atoms with Gasteiger partial charge in [-0.3, -0.25) is 0 Å². The van der Waals surface area contributed by atoms with Crippen molar-refractivity contribution in [3.05, 3.63) is 46.4 Å². The quantitative estimate of drug-likeness (QED) is 0.873. The number of anilines is 1. The van der Waals surface area contributed by atoms with Crippen LogP contribution in [0.25, 0.3) is 0 Å². The molecule has 3 rings (SSSR count). The zero-order valence-corrected chi connectivity index (χ0v) is 12.4. The average Bonchev–Trinajstić information content (AvgIpc) is 2.45. The Hall–Kier alpha value is -1.88. The summed E-state index contributed by atoms with van der Waals surface area (Å²) in [7, 11) is 0. The van der Waals surface area contributed by atoms with Crippen molar-refractivity contribution in [2.45, 2.75) is 6.61 Å². The van der Waals surface area contributed by atoms with Gasteiger partial charge >= 0.3 is 0 Å². The van der Waals surface area contributed by atoms with E-state index in [1.807, 2.05) is 30.3 Å². The van der Waals surface area contributed by atoms with Crippen molar-refractivity contribution in [3.63, 3.8) is 0 Å². The highest BCUT2D eigenvalue weighted by molar-refractivity contribution is 9.10. The Labute approximate surface area is 125 Å². The van der Waals surface area contributed by atoms with Crippen molar-refractivity contribution < 1.29 is 14.2 Å². The lowest BCUT2D eigenvalue weighted by atomic mass is 10.2. The maximum Gasteiger partial charge on any atom is 0.162 e. The molecule has 0 aromatic heterocycles. The van der Waals surface area contributed by atoms with Crippen molar-refractivity contribution in [1.29, 1.82) is 0 Å². The SMILES string of the molecule is Nc1cccc(OCc2cc3c(cc2Br)OCCO3)c1. The van der Waals surface area contributed by atoms with E-state index in [9.17, 15) is 0 Å². The summed E-state index contributed by atoms with van der Waals surface area (Å²) < 4.78 is 17.8. The second-order valence-corrected chi connectivity index (χ2v) is 5.30. The fraction of sp³-hybridized carbons (Fsp3) is 0.200. The molecule has 0 unspecified atom stereocenters. The Morgan fingerprint density at radius 1 is 1.10 bits per heavy atom. The molecule has 0 atom stereocenters. The number of hydrogen-bond donors (Lipinski definition) is 1. The molecule has 0 amide bonds. The van der Waals surface area contributed by atoms with E-state index in [1.165, 1.54) is 0 Å². The number of ether oxygens (including phenoxy) is 3. The molecule has 1 heterocycles. The van der Waals surface area contributed by atoms with Gasteiger partial charge in [0.1, 0.15) is 25.6 Å². The first-order valence-corrected chi connectivity index (χ1v) is 7.08. The van der Waals surface area contributed by atoms with E-state index in [2.05, 4.69) is 15.9 Å². The van der Waals surface area contributed by atoms with Crippen LogP contribution in [-0.2, 0) is 6.61 Å². The van der Waals surface area contributed by atoms with Gasteiger partial charge in [0, 0.05) is 21.8 Å². The summed E-state index contributed by atoms with van der Waals surface area (Å²) in [6.45, 7) is 1.59. The number of hydrogen-bond acceptors (Lipinski definition) is 4. The third-order valence-electron chi connectivity index (χ3n) is 2.96. The van der Waals surface area contributed by atoms with Crippen LogP contribution in [-0.4, -0.2) is 13.2 Å². The number of fused-ring (bicyclic) bond motifs is 1. The Balaban J connectivity index is 1.77. The molecular weight excluding hydrogens is 322 g/mol. The topological polar surface area (TPSA) is 53.7 Å². The maximum atomic E-state index is 5.74.